The number of nitrogens with zero attached hydrogens (tertiary/aromatic N) is 3. The predicted molar refractivity (Wildman–Crippen MR) is 123 cm³/mol. The van der Waals surface area contributed by atoms with Crippen molar-refractivity contribution in [1.82, 2.24) is 19.6 Å². The standard InChI is InChI=1S/C22H21N5O4S/c1-3-31-16-9-7-14(8-10-16)21-24-18-12-19(28)26-27(18)22(25-21)32-13-20(29)23-15-5-4-6-17(11-15)30-2/h4-12H,3,13H2,1-2H3,(H,23,29)(H,26,28). The molecule has 0 fully saturated rings. The van der Waals surface area contributed by atoms with E-state index in [1.54, 1.807) is 31.4 Å². The van der Waals surface area contributed by atoms with Crippen molar-refractivity contribution in [3.05, 3.63) is 65.0 Å². The summed E-state index contributed by atoms with van der Waals surface area (Å²) in [5.74, 6) is 1.72. The minimum Gasteiger partial charge on any atom is -0.497 e. The molecule has 0 saturated carbocycles. The number of benzene rings is 2. The maximum atomic E-state index is 12.5. The van der Waals surface area contributed by atoms with Gasteiger partial charge in [0.05, 0.1) is 19.5 Å². The minimum absolute atomic E-state index is 0.0895. The molecule has 0 aliphatic carbocycles. The lowest BCUT2D eigenvalue weighted by Gasteiger charge is -2.09. The summed E-state index contributed by atoms with van der Waals surface area (Å²) in [7, 11) is 1.57. The van der Waals surface area contributed by atoms with Gasteiger partial charge in [-0.15, -0.1) is 0 Å². The van der Waals surface area contributed by atoms with Crippen LogP contribution < -0.4 is 20.3 Å². The zero-order valence-corrected chi connectivity index (χ0v) is 18.3. The molecule has 4 aromatic rings. The Morgan fingerprint density at radius 3 is 2.69 bits per heavy atom. The van der Waals surface area contributed by atoms with E-state index in [0.717, 1.165) is 11.3 Å². The molecule has 0 aliphatic heterocycles. The second kappa shape index (κ2) is 9.56. The fraction of sp³-hybridized carbons (Fsp3) is 0.182. The van der Waals surface area contributed by atoms with Crippen LogP contribution in [0.2, 0.25) is 0 Å². The number of hydrogen-bond donors (Lipinski definition) is 2. The molecule has 9 nitrogen and oxygen atoms in total. The SMILES string of the molecule is CCOc1ccc(-c2nc(SCC(=O)Nc3cccc(OC)c3)n3[nH]c(=O)cc3n2)cc1. The number of fused-ring (bicyclic) bond motifs is 1. The van der Waals surface area contributed by atoms with E-state index < -0.39 is 0 Å². The van der Waals surface area contributed by atoms with Gasteiger partial charge >= 0.3 is 0 Å². The van der Waals surface area contributed by atoms with Crippen LogP contribution >= 0.6 is 11.8 Å². The summed E-state index contributed by atoms with van der Waals surface area (Å²) in [5.41, 5.74) is 1.52. The van der Waals surface area contributed by atoms with Gasteiger partial charge in [-0.25, -0.2) is 14.5 Å². The minimum atomic E-state index is -0.300. The molecule has 1 amide bonds. The van der Waals surface area contributed by atoms with Crippen molar-refractivity contribution in [1.29, 1.82) is 0 Å². The second-order valence-corrected chi connectivity index (χ2v) is 7.61. The first-order valence-corrected chi connectivity index (χ1v) is 10.8. The molecule has 0 saturated heterocycles. The third-order valence-corrected chi connectivity index (χ3v) is 5.37. The average Bonchev–Trinajstić information content (AvgIpc) is 3.18. The molecule has 2 heterocycles. The van der Waals surface area contributed by atoms with Crippen molar-refractivity contribution in [2.75, 3.05) is 24.8 Å². The molecule has 0 radical (unpaired) electrons. The Morgan fingerprint density at radius 1 is 1.12 bits per heavy atom. The molecular weight excluding hydrogens is 430 g/mol. The molecule has 0 bridgehead atoms. The number of hydrogen-bond acceptors (Lipinski definition) is 7. The van der Waals surface area contributed by atoms with Gasteiger partial charge in [-0.2, -0.15) is 0 Å². The summed E-state index contributed by atoms with van der Waals surface area (Å²) in [5, 5.41) is 5.94. The van der Waals surface area contributed by atoms with E-state index >= 15 is 0 Å². The van der Waals surface area contributed by atoms with Crippen LogP contribution in [0.1, 0.15) is 6.92 Å². The molecule has 0 unspecified atom stereocenters. The van der Waals surface area contributed by atoms with Gasteiger partial charge in [-0.05, 0) is 43.3 Å². The van der Waals surface area contributed by atoms with E-state index in [2.05, 4.69) is 20.4 Å². The lowest BCUT2D eigenvalue weighted by atomic mass is 10.2. The first-order valence-electron chi connectivity index (χ1n) is 9.85. The van der Waals surface area contributed by atoms with Crippen molar-refractivity contribution in [2.45, 2.75) is 12.1 Å². The molecule has 0 atom stereocenters. The number of aromatic amines is 1. The van der Waals surface area contributed by atoms with Crippen LogP contribution in [0.4, 0.5) is 5.69 Å². The summed E-state index contributed by atoms with van der Waals surface area (Å²) in [6.45, 7) is 2.50. The Morgan fingerprint density at radius 2 is 1.94 bits per heavy atom. The van der Waals surface area contributed by atoms with Crippen molar-refractivity contribution in [3.8, 4) is 22.9 Å². The van der Waals surface area contributed by atoms with E-state index in [4.69, 9.17) is 9.47 Å². The van der Waals surface area contributed by atoms with Gasteiger partial charge in [-0.3, -0.25) is 14.7 Å². The Bertz CT molecular complexity index is 1300. The number of aromatic nitrogens is 4. The molecule has 0 aliphatic rings. The molecule has 164 valence electrons. The van der Waals surface area contributed by atoms with E-state index in [1.807, 2.05) is 31.2 Å². The number of rotatable bonds is 8. The van der Waals surface area contributed by atoms with Gasteiger partial charge in [0, 0.05) is 23.4 Å². The summed E-state index contributed by atoms with van der Waals surface area (Å²) in [4.78, 5) is 33.4. The van der Waals surface area contributed by atoms with Crippen LogP contribution in [0, 0.1) is 0 Å². The topological polar surface area (TPSA) is 111 Å². The quantitative estimate of drug-likeness (QED) is 0.396. The van der Waals surface area contributed by atoms with Gasteiger partial charge in [0.25, 0.3) is 5.56 Å². The number of anilines is 1. The number of nitrogens with one attached hydrogen (secondary N) is 2. The Kier molecular flexibility index (Phi) is 6.41. The molecule has 2 aromatic carbocycles. The molecule has 0 spiro atoms. The van der Waals surface area contributed by atoms with Gasteiger partial charge < -0.3 is 14.8 Å². The monoisotopic (exact) mass is 451 g/mol. The van der Waals surface area contributed by atoms with Crippen molar-refractivity contribution >= 4 is 29.0 Å². The third kappa shape index (κ3) is 4.92. The van der Waals surface area contributed by atoms with Crippen LogP contribution in [0.15, 0.2) is 64.5 Å². The molecular formula is C22H21N5O4S. The van der Waals surface area contributed by atoms with Gasteiger partial charge in [0.15, 0.2) is 16.6 Å². The number of amides is 1. The number of carbonyl (C=O) groups is 1. The summed E-state index contributed by atoms with van der Waals surface area (Å²) in [6.07, 6.45) is 0. The first-order chi connectivity index (χ1) is 15.6. The van der Waals surface area contributed by atoms with Crippen LogP contribution in [0.5, 0.6) is 11.5 Å². The molecule has 10 heteroatoms. The van der Waals surface area contributed by atoms with E-state index in [0.29, 0.717) is 34.7 Å². The molecule has 2 aromatic heterocycles. The van der Waals surface area contributed by atoms with Gasteiger partial charge in [-0.1, -0.05) is 17.8 Å². The van der Waals surface area contributed by atoms with Crippen molar-refractivity contribution in [2.24, 2.45) is 0 Å². The smallest absolute Gasteiger partial charge is 0.266 e. The summed E-state index contributed by atoms with van der Waals surface area (Å²) < 4.78 is 12.1. The van der Waals surface area contributed by atoms with Gasteiger partial charge in [0.2, 0.25) is 5.91 Å². The zero-order chi connectivity index (χ0) is 22.5. The number of ether oxygens (including phenoxy) is 2. The highest BCUT2D eigenvalue weighted by Gasteiger charge is 2.14. The first kappa shape index (κ1) is 21.4. The van der Waals surface area contributed by atoms with Crippen LogP contribution in [-0.4, -0.2) is 45.0 Å². The fourth-order valence-corrected chi connectivity index (χ4v) is 3.76. The Labute approximate surface area is 187 Å². The van der Waals surface area contributed by atoms with Gasteiger partial charge in [0.1, 0.15) is 11.5 Å². The van der Waals surface area contributed by atoms with Crippen molar-refractivity contribution in [3.63, 3.8) is 0 Å². The lowest BCUT2D eigenvalue weighted by molar-refractivity contribution is -0.113. The highest BCUT2D eigenvalue weighted by atomic mass is 32.2. The number of methoxy groups -OCH3 is 1. The van der Waals surface area contributed by atoms with E-state index in [-0.39, 0.29) is 17.2 Å². The summed E-state index contributed by atoms with van der Waals surface area (Å²) >= 11 is 1.19. The fourth-order valence-electron chi connectivity index (χ4n) is 3.00. The summed E-state index contributed by atoms with van der Waals surface area (Å²) in [6, 6.07) is 15.9. The second-order valence-electron chi connectivity index (χ2n) is 6.67. The molecule has 2 N–H and O–H groups in total. The Hall–Kier alpha value is -3.79. The van der Waals surface area contributed by atoms with E-state index in [9.17, 15) is 9.59 Å². The Balaban J connectivity index is 1.56. The highest BCUT2D eigenvalue weighted by molar-refractivity contribution is 7.99. The normalized spacial score (nSPS) is 10.8. The zero-order valence-electron chi connectivity index (χ0n) is 17.5. The maximum Gasteiger partial charge on any atom is 0.266 e. The number of thioether (sulfide) groups is 1. The largest absolute Gasteiger partial charge is 0.497 e. The number of H-pyrrole nitrogens is 1. The highest BCUT2D eigenvalue weighted by Crippen LogP contribution is 2.24. The van der Waals surface area contributed by atoms with E-state index in [1.165, 1.54) is 22.3 Å². The lowest BCUT2D eigenvalue weighted by Crippen LogP contribution is -2.15. The van der Waals surface area contributed by atoms with Crippen LogP contribution in [0.3, 0.4) is 0 Å². The third-order valence-electron chi connectivity index (χ3n) is 4.43. The predicted octanol–water partition coefficient (Wildman–Crippen LogP) is 3.22. The maximum absolute atomic E-state index is 12.5. The van der Waals surface area contributed by atoms with Crippen molar-refractivity contribution < 1.29 is 14.3 Å². The van der Waals surface area contributed by atoms with Crippen LogP contribution in [-0.2, 0) is 4.79 Å². The molecule has 4 rings (SSSR count). The average molecular weight is 452 g/mol. The van der Waals surface area contributed by atoms with Crippen LogP contribution in [0.25, 0.3) is 17.0 Å². The number of carbonyl (C=O) groups excluding carboxylic acids is 1. The molecule has 32 heavy (non-hydrogen) atoms.